The Labute approximate surface area is 126 Å². The third-order valence-corrected chi connectivity index (χ3v) is 4.82. The summed E-state index contributed by atoms with van der Waals surface area (Å²) in [6, 6.07) is 5.56. The summed E-state index contributed by atoms with van der Waals surface area (Å²) in [6.07, 6.45) is 6.48. The topological polar surface area (TPSA) is 12.0 Å². The molecule has 20 heavy (non-hydrogen) atoms. The van der Waals surface area contributed by atoms with E-state index in [0.29, 0.717) is 6.04 Å². The first kappa shape index (κ1) is 15.8. The van der Waals surface area contributed by atoms with E-state index < -0.39 is 0 Å². The van der Waals surface area contributed by atoms with Gasteiger partial charge >= 0.3 is 0 Å². The van der Waals surface area contributed by atoms with Crippen molar-refractivity contribution in [3.63, 3.8) is 0 Å². The number of hydrogen-bond acceptors (Lipinski definition) is 1. The Bertz CT molecular complexity index is 433. The Kier molecular flexibility index (Phi) is 5.86. The second-order valence-electron chi connectivity index (χ2n) is 6.34. The monoisotopic (exact) mass is 297 g/mol. The number of halogens is 2. The first-order valence-electron chi connectivity index (χ1n) is 7.73. The third-order valence-electron chi connectivity index (χ3n) is 4.54. The highest BCUT2D eigenvalue weighted by Gasteiger charge is 2.20. The summed E-state index contributed by atoms with van der Waals surface area (Å²) in [4.78, 5) is 0. The van der Waals surface area contributed by atoms with Crippen LogP contribution >= 0.6 is 11.6 Å². The second kappa shape index (κ2) is 7.42. The predicted octanol–water partition coefficient (Wildman–Crippen LogP) is 5.17. The molecule has 1 aromatic rings. The molecule has 1 aliphatic rings. The van der Waals surface area contributed by atoms with Gasteiger partial charge in [-0.25, -0.2) is 4.39 Å². The summed E-state index contributed by atoms with van der Waals surface area (Å²) in [7, 11) is 0. The van der Waals surface area contributed by atoms with Crippen molar-refractivity contribution >= 4 is 11.6 Å². The van der Waals surface area contributed by atoms with E-state index in [4.69, 9.17) is 11.6 Å². The van der Waals surface area contributed by atoms with Gasteiger partial charge < -0.3 is 5.32 Å². The van der Waals surface area contributed by atoms with Crippen LogP contribution in [0, 0.1) is 17.7 Å². The molecule has 0 heterocycles. The summed E-state index contributed by atoms with van der Waals surface area (Å²) >= 11 is 5.81. The summed E-state index contributed by atoms with van der Waals surface area (Å²) in [5, 5.41) is 3.82. The molecule has 0 spiro atoms. The van der Waals surface area contributed by atoms with Crippen LogP contribution in [0.25, 0.3) is 0 Å². The molecule has 0 bridgehead atoms. The van der Waals surface area contributed by atoms with Crippen LogP contribution in [-0.2, 0) is 6.54 Å². The van der Waals surface area contributed by atoms with Crippen molar-refractivity contribution in [1.82, 2.24) is 5.32 Å². The number of benzene rings is 1. The first-order valence-corrected chi connectivity index (χ1v) is 8.11. The van der Waals surface area contributed by atoms with Gasteiger partial charge in [0.05, 0.1) is 5.02 Å². The van der Waals surface area contributed by atoms with Crippen molar-refractivity contribution < 1.29 is 4.39 Å². The van der Waals surface area contributed by atoms with E-state index in [1.54, 1.807) is 6.07 Å². The Morgan fingerprint density at radius 1 is 1.25 bits per heavy atom. The molecule has 3 heteroatoms. The van der Waals surface area contributed by atoms with Gasteiger partial charge in [0.15, 0.2) is 0 Å². The highest BCUT2D eigenvalue weighted by atomic mass is 35.5. The molecule has 0 saturated heterocycles. The molecule has 1 aromatic carbocycles. The smallest absolute Gasteiger partial charge is 0.141 e. The van der Waals surface area contributed by atoms with Gasteiger partial charge in [0.25, 0.3) is 0 Å². The van der Waals surface area contributed by atoms with Gasteiger partial charge in [-0.05, 0) is 48.8 Å². The van der Waals surface area contributed by atoms with Crippen LogP contribution in [0.15, 0.2) is 18.2 Å². The molecule has 1 fully saturated rings. The number of rotatable bonds is 4. The van der Waals surface area contributed by atoms with Crippen LogP contribution in [0.3, 0.4) is 0 Å². The molecule has 1 nitrogen and oxygen atoms in total. The summed E-state index contributed by atoms with van der Waals surface area (Å²) in [6.45, 7) is 5.44. The highest BCUT2D eigenvalue weighted by molar-refractivity contribution is 6.30. The van der Waals surface area contributed by atoms with E-state index in [0.717, 1.165) is 23.9 Å². The van der Waals surface area contributed by atoms with E-state index in [9.17, 15) is 4.39 Å². The lowest BCUT2D eigenvalue weighted by atomic mass is 9.89. The maximum atomic E-state index is 13.1. The fourth-order valence-electron chi connectivity index (χ4n) is 3.11. The minimum absolute atomic E-state index is 0.213. The minimum atomic E-state index is -0.343. The zero-order valence-corrected chi connectivity index (χ0v) is 13.2. The van der Waals surface area contributed by atoms with Gasteiger partial charge in [-0.15, -0.1) is 0 Å². The van der Waals surface area contributed by atoms with Gasteiger partial charge in [-0.2, -0.15) is 0 Å². The quantitative estimate of drug-likeness (QED) is 0.756. The van der Waals surface area contributed by atoms with Crippen LogP contribution in [0.5, 0.6) is 0 Å². The largest absolute Gasteiger partial charge is 0.310 e. The summed E-state index contributed by atoms with van der Waals surface area (Å²) in [5.74, 6) is 1.33. The molecule has 2 atom stereocenters. The average Bonchev–Trinajstić information content (AvgIpc) is 2.66. The van der Waals surface area contributed by atoms with E-state index in [1.165, 1.54) is 38.2 Å². The highest BCUT2D eigenvalue weighted by Crippen LogP contribution is 2.29. The maximum Gasteiger partial charge on any atom is 0.141 e. The van der Waals surface area contributed by atoms with Crippen molar-refractivity contribution in [2.45, 2.75) is 58.5 Å². The minimum Gasteiger partial charge on any atom is -0.310 e. The normalized spacial score (nSPS) is 23.9. The molecule has 1 saturated carbocycles. The second-order valence-corrected chi connectivity index (χ2v) is 6.75. The molecule has 1 aliphatic carbocycles. The predicted molar refractivity (Wildman–Crippen MR) is 83.5 cm³/mol. The van der Waals surface area contributed by atoms with Crippen molar-refractivity contribution in [3.05, 3.63) is 34.6 Å². The standard InChI is InChI=1S/C17H25ClFN/c1-12(2)14-4-3-5-15(8-7-14)20-11-13-6-9-17(19)16(18)10-13/h6,9-10,12,14-15,20H,3-5,7-8,11H2,1-2H3. The molecule has 0 amide bonds. The molecule has 2 unspecified atom stereocenters. The summed E-state index contributed by atoms with van der Waals surface area (Å²) < 4.78 is 13.1. The van der Waals surface area contributed by atoms with Gasteiger partial charge in [0, 0.05) is 12.6 Å². The fourth-order valence-corrected chi connectivity index (χ4v) is 3.32. The Balaban J connectivity index is 1.83. The third kappa shape index (κ3) is 4.46. The zero-order valence-electron chi connectivity index (χ0n) is 12.5. The molecule has 112 valence electrons. The molecule has 0 aromatic heterocycles. The molecular weight excluding hydrogens is 273 g/mol. The summed E-state index contributed by atoms with van der Waals surface area (Å²) in [5.41, 5.74) is 1.06. The van der Waals surface area contributed by atoms with Crippen molar-refractivity contribution in [2.75, 3.05) is 0 Å². The first-order chi connectivity index (χ1) is 9.56. The van der Waals surface area contributed by atoms with E-state index in [2.05, 4.69) is 19.2 Å². The van der Waals surface area contributed by atoms with Crippen molar-refractivity contribution in [2.24, 2.45) is 11.8 Å². The van der Waals surface area contributed by atoms with E-state index >= 15 is 0 Å². The average molecular weight is 298 g/mol. The molecule has 0 aliphatic heterocycles. The fraction of sp³-hybridized carbons (Fsp3) is 0.647. The molecule has 1 N–H and O–H groups in total. The zero-order chi connectivity index (χ0) is 14.5. The van der Waals surface area contributed by atoms with Crippen molar-refractivity contribution in [1.29, 1.82) is 0 Å². The van der Waals surface area contributed by atoms with Crippen LogP contribution in [0.4, 0.5) is 4.39 Å². The molecule has 0 radical (unpaired) electrons. The van der Waals surface area contributed by atoms with Crippen LogP contribution < -0.4 is 5.32 Å². The van der Waals surface area contributed by atoms with E-state index in [-0.39, 0.29) is 10.8 Å². The lowest BCUT2D eigenvalue weighted by molar-refractivity contribution is 0.337. The lowest BCUT2D eigenvalue weighted by Gasteiger charge is -2.19. The Morgan fingerprint density at radius 3 is 2.75 bits per heavy atom. The lowest BCUT2D eigenvalue weighted by Crippen LogP contribution is -2.28. The SMILES string of the molecule is CC(C)C1CCCC(NCc2ccc(F)c(Cl)c2)CC1. The van der Waals surface area contributed by atoms with Crippen LogP contribution in [0.1, 0.15) is 51.5 Å². The Morgan fingerprint density at radius 2 is 2.05 bits per heavy atom. The van der Waals surface area contributed by atoms with Crippen LogP contribution in [-0.4, -0.2) is 6.04 Å². The Hall–Kier alpha value is -0.600. The van der Waals surface area contributed by atoms with Crippen molar-refractivity contribution in [3.8, 4) is 0 Å². The van der Waals surface area contributed by atoms with E-state index in [1.807, 2.05) is 6.07 Å². The van der Waals surface area contributed by atoms with Gasteiger partial charge in [0.1, 0.15) is 5.82 Å². The van der Waals surface area contributed by atoms with Gasteiger partial charge in [-0.3, -0.25) is 0 Å². The van der Waals surface area contributed by atoms with Gasteiger partial charge in [0.2, 0.25) is 0 Å². The van der Waals surface area contributed by atoms with Gasteiger partial charge in [-0.1, -0.05) is 44.4 Å². The molecule has 2 rings (SSSR count). The number of hydrogen-bond donors (Lipinski definition) is 1. The van der Waals surface area contributed by atoms with Crippen LogP contribution in [0.2, 0.25) is 5.02 Å². The maximum absolute atomic E-state index is 13.1. The number of nitrogens with one attached hydrogen (secondary N) is 1. The molecular formula is C17H25ClFN.